The summed E-state index contributed by atoms with van der Waals surface area (Å²) in [6.07, 6.45) is 2.68. The second kappa shape index (κ2) is 4.77. The zero-order valence-corrected chi connectivity index (χ0v) is 9.49. The standard InChI is InChI=1S/C13H19NO/c1-10-5-3-6-11(9-10)13-12(15-2)7-4-8-14-13/h3,5-6,9,12-14H,4,7-8H2,1-2H3. The molecular weight excluding hydrogens is 186 g/mol. The highest BCUT2D eigenvalue weighted by molar-refractivity contribution is 5.26. The minimum Gasteiger partial charge on any atom is -0.379 e. The molecule has 2 nitrogen and oxygen atoms in total. The Morgan fingerprint density at radius 1 is 1.40 bits per heavy atom. The molecule has 0 radical (unpaired) electrons. The molecule has 1 aromatic carbocycles. The molecule has 1 fully saturated rings. The maximum atomic E-state index is 5.54. The number of hydrogen-bond acceptors (Lipinski definition) is 2. The SMILES string of the molecule is COC1CCCNC1c1cccc(C)c1. The second-order valence-electron chi connectivity index (χ2n) is 4.26. The molecule has 2 atom stereocenters. The quantitative estimate of drug-likeness (QED) is 0.800. The predicted octanol–water partition coefficient (Wildman–Crippen LogP) is 2.43. The number of methoxy groups -OCH3 is 1. The van der Waals surface area contributed by atoms with Crippen LogP contribution in [-0.2, 0) is 4.74 Å². The van der Waals surface area contributed by atoms with Crippen LogP contribution < -0.4 is 5.32 Å². The summed E-state index contributed by atoms with van der Waals surface area (Å²) in [5.41, 5.74) is 2.66. The summed E-state index contributed by atoms with van der Waals surface area (Å²) in [4.78, 5) is 0. The average molecular weight is 205 g/mol. The molecule has 2 rings (SSSR count). The third-order valence-corrected chi connectivity index (χ3v) is 3.11. The average Bonchev–Trinajstić information content (AvgIpc) is 2.29. The monoisotopic (exact) mass is 205 g/mol. The Kier molecular flexibility index (Phi) is 3.39. The lowest BCUT2D eigenvalue weighted by molar-refractivity contribution is 0.0452. The molecule has 1 aliphatic rings. The molecule has 2 heteroatoms. The van der Waals surface area contributed by atoms with Crippen molar-refractivity contribution in [2.75, 3.05) is 13.7 Å². The fourth-order valence-corrected chi connectivity index (χ4v) is 2.31. The van der Waals surface area contributed by atoms with Crippen molar-refractivity contribution < 1.29 is 4.74 Å². The normalized spacial score (nSPS) is 26.5. The van der Waals surface area contributed by atoms with E-state index in [1.165, 1.54) is 17.5 Å². The van der Waals surface area contributed by atoms with Crippen LogP contribution in [0.5, 0.6) is 0 Å². The van der Waals surface area contributed by atoms with E-state index in [0.717, 1.165) is 13.0 Å². The summed E-state index contributed by atoms with van der Waals surface area (Å²) in [7, 11) is 1.81. The highest BCUT2D eigenvalue weighted by Gasteiger charge is 2.25. The van der Waals surface area contributed by atoms with Crippen LogP contribution >= 0.6 is 0 Å². The van der Waals surface area contributed by atoms with Crippen molar-refractivity contribution in [2.24, 2.45) is 0 Å². The van der Waals surface area contributed by atoms with Gasteiger partial charge in [-0.3, -0.25) is 0 Å². The minimum absolute atomic E-state index is 0.320. The Morgan fingerprint density at radius 3 is 3.00 bits per heavy atom. The molecule has 1 N–H and O–H groups in total. The lowest BCUT2D eigenvalue weighted by Crippen LogP contribution is -2.38. The molecule has 0 aromatic heterocycles. The van der Waals surface area contributed by atoms with Gasteiger partial charge in [0.25, 0.3) is 0 Å². The summed E-state index contributed by atoms with van der Waals surface area (Å²) < 4.78 is 5.54. The largest absolute Gasteiger partial charge is 0.379 e. The fourth-order valence-electron chi connectivity index (χ4n) is 2.31. The number of ether oxygens (including phenoxy) is 1. The number of nitrogens with one attached hydrogen (secondary N) is 1. The molecule has 1 aromatic rings. The summed E-state index contributed by atoms with van der Waals surface area (Å²) in [5, 5.41) is 3.54. The van der Waals surface area contributed by atoms with E-state index in [9.17, 15) is 0 Å². The van der Waals surface area contributed by atoms with Gasteiger partial charge in [0.2, 0.25) is 0 Å². The van der Waals surface area contributed by atoms with Crippen LogP contribution in [0.25, 0.3) is 0 Å². The molecule has 2 unspecified atom stereocenters. The molecule has 0 saturated carbocycles. The van der Waals surface area contributed by atoms with E-state index >= 15 is 0 Å². The summed E-state index contributed by atoms with van der Waals surface area (Å²) >= 11 is 0. The van der Waals surface area contributed by atoms with Gasteiger partial charge in [0.1, 0.15) is 0 Å². The smallest absolute Gasteiger partial charge is 0.0766 e. The third kappa shape index (κ3) is 2.39. The van der Waals surface area contributed by atoms with Gasteiger partial charge in [0, 0.05) is 7.11 Å². The number of rotatable bonds is 2. The van der Waals surface area contributed by atoms with E-state index in [2.05, 4.69) is 36.5 Å². The molecular formula is C13H19NO. The van der Waals surface area contributed by atoms with Crippen molar-refractivity contribution in [3.05, 3.63) is 35.4 Å². The molecule has 15 heavy (non-hydrogen) atoms. The number of hydrogen-bond donors (Lipinski definition) is 1. The first-order chi connectivity index (χ1) is 7.31. The first kappa shape index (κ1) is 10.7. The summed E-state index contributed by atoms with van der Waals surface area (Å²) in [6.45, 7) is 3.23. The number of benzene rings is 1. The first-order valence-corrected chi connectivity index (χ1v) is 5.64. The Labute approximate surface area is 91.6 Å². The van der Waals surface area contributed by atoms with Gasteiger partial charge in [-0.1, -0.05) is 29.8 Å². The topological polar surface area (TPSA) is 21.3 Å². The molecule has 1 saturated heterocycles. The van der Waals surface area contributed by atoms with Gasteiger partial charge < -0.3 is 10.1 Å². The number of piperidine rings is 1. The van der Waals surface area contributed by atoms with E-state index in [1.807, 2.05) is 0 Å². The zero-order chi connectivity index (χ0) is 10.7. The molecule has 82 valence electrons. The van der Waals surface area contributed by atoms with Crippen LogP contribution in [0.3, 0.4) is 0 Å². The number of aryl methyl sites for hydroxylation is 1. The van der Waals surface area contributed by atoms with Crippen molar-refractivity contribution >= 4 is 0 Å². The van der Waals surface area contributed by atoms with Gasteiger partial charge >= 0.3 is 0 Å². The maximum absolute atomic E-state index is 5.54. The van der Waals surface area contributed by atoms with Gasteiger partial charge in [0.15, 0.2) is 0 Å². The zero-order valence-electron chi connectivity index (χ0n) is 9.49. The molecule has 1 aliphatic heterocycles. The van der Waals surface area contributed by atoms with Crippen LogP contribution in [-0.4, -0.2) is 19.8 Å². The Bertz CT molecular complexity index is 324. The first-order valence-electron chi connectivity index (χ1n) is 5.64. The molecule has 0 amide bonds. The molecule has 0 spiro atoms. The molecule has 1 heterocycles. The van der Waals surface area contributed by atoms with Crippen molar-refractivity contribution in [1.82, 2.24) is 5.32 Å². The molecule has 0 bridgehead atoms. The van der Waals surface area contributed by atoms with Gasteiger partial charge in [-0.25, -0.2) is 0 Å². The fraction of sp³-hybridized carbons (Fsp3) is 0.538. The predicted molar refractivity (Wildman–Crippen MR) is 62.0 cm³/mol. The van der Waals surface area contributed by atoms with E-state index in [0.29, 0.717) is 12.1 Å². The van der Waals surface area contributed by atoms with Crippen LogP contribution in [0.1, 0.15) is 30.0 Å². The van der Waals surface area contributed by atoms with Gasteiger partial charge in [-0.05, 0) is 31.9 Å². The summed E-state index contributed by atoms with van der Waals surface area (Å²) in [5.74, 6) is 0. The summed E-state index contributed by atoms with van der Waals surface area (Å²) in [6, 6.07) is 9.04. The van der Waals surface area contributed by atoms with Crippen LogP contribution in [0, 0.1) is 6.92 Å². The van der Waals surface area contributed by atoms with Crippen molar-refractivity contribution in [1.29, 1.82) is 0 Å². The van der Waals surface area contributed by atoms with Crippen LogP contribution in [0.2, 0.25) is 0 Å². The van der Waals surface area contributed by atoms with Gasteiger partial charge in [0.05, 0.1) is 12.1 Å². The lowest BCUT2D eigenvalue weighted by Gasteiger charge is -2.32. The van der Waals surface area contributed by atoms with E-state index in [1.54, 1.807) is 7.11 Å². The second-order valence-corrected chi connectivity index (χ2v) is 4.26. The van der Waals surface area contributed by atoms with Crippen molar-refractivity contribution in [2.45, 2.75) is 31.9 Å². The van der Waals surface area contributed by atoms with Crippen LogP contribution in [0.4, 0.5) is 0 Å². The molecule has 0 aliphatic carbocycles. The van der Waals surface area contributed by atoms with E-state index in [-0.39, 0.29) is 0 Å². The van der Waals surface area contributed by atoms with Gasteiger partial charge in [-0.15, -0.1) is 0 Å². The van der Waals surface area contributed by atoms with Crippen molar-refractivity contribution in [3.63, 3.8) is 0 Å². The highest BCUT2D eigenvalue weighted by atomic mass is 16.5. The van der Waals surface area contributed by atoms with Crippen molar-refractivity contribution in [3.8, 4) is 0 Å². The van der Waals surface area contributed by atoms with Crippen LogP contribution in [0.15, 0.2) is 24.3 Å². The van der Waals surface area contributed by atoms with E-state index < -0.39 is 0 Å². The Morgan fingerprint density at radius 2 is 2.27 bits per heavy atom. The highest BCUT2D eigenvalue weighted by Crippen LogP contribution is 2.25. The van der Waals surface area contributed by atoms with E-state index in [4.69, 9.17) is 4.74 Å². The Balaban J connectivity index is 2.20. The van der Waals surface area contributed by atoms with Gasteiger partial charge in [-0.2, -0.15) is 0 Å². The third-order valence-electron chi connectivity index (χ3n) is 3.11. The maximum Gasteiger partial charge on any atom is 0.0766 e. The lowest BCUT2D eigenvalue weighted by atomic mass is 9.93. The minimum atomic E-state index is 0.320. The Hall–Kier alpha value is -0.860.